The average Bonchev–Trinajstić information content (AvgIpc) is 3.16. The molecule has 0 bridgehead atoms. The van der Waals surface area contributed by atoms with E-state index in [1.165, 1.54) is 12.1 Å². The predicted molar refractivity (Wildman–Crippen MR) is 76.4 cm³/mol. The van der Waals surface area contributed by atoms with E-state index in [1.54, 1.807) is 12.1 Å². The molecule has 108 valence electrons. The van der Waals surface area contributed by atoms with Crippen LogP contribution in [0.5, 0.6) is 0 Å². The first-order chi connectivity index (χ1) is 10.7. The Morgan fingerprint density at radius 1 is 1.00 bits per heavy atom. The molecular weight excluding hydrogens is 285 g/mol. The zero-order chi connectivity index (χ0) is 15.1. The van der Waals surface area contributed by atoms with E-state index in [9.17, 15) is 4.39 Å². The van der Waals surface area contributed by atoms with Crippen molar-refractivity contribution in [2.45, 2.75) is 6.92 Å². The molecule has 4 rings (SSSR count). The van der Waals surface area contributed by atoms with E-state index in [1.807, 2.05) is 29.7 Å². The van der Waals surface area contributed by atoms with E-state index in [0.29, 0.717) is 17.3 Å². The van der Waals surface area contributed by atoms with Crippen LogP contribution in [0.3, 0.4) is 0 Å². The molecule has 3 aromatic heterocycles. The molecule has 0 atom stereocenters. The monoisotopic (exact) mass is 295 g/mol. The van der Waals surface area contributed by atoms with E-state index in [4.69, 9.17) is 4.52 Å². The Morgan fingerprint density at radius 2 is 1.77 bits per heavy atom. The van der Waals surface area contributed by atoms with Crippen LogP contribution in [0.4, 0.5) is 4.39 Å². The van der Waals surface area contributed by atoms with Crippen LogP contribution in [0.15, 0.2) is 47.1 Å². The third kappa shape index (κ3) is 2.03. The summed E-state index contributed by atoms with van der Waals surface area (Å²) in [6.45, 7) is 1.87. The van der Waals surface area contributed by atoms with E-state index in [0.717, 1.165) is 17.0 Å². The second kappa shape index (κ2) is 4.73. The Hall–Kier alpha value is -3.09. The van der Waals surface area contributed by atoms with Gasteiger partial charge in [0.15, 0.2) is 5.65 Å². The van der Waals surface area contributed by atoms with Crippen molar-refractivity contribution in [1.29, 1.82) is 0 Å². The number of benzene rings is 1. The van der Waals surface area contributed by atoms with E-state index < -0.39 is 0 Å². The third-order valence-corrected chi connectivity index (χ3v) is 3.35. The fraction of sp³-hybridized carbons (Fsp3) is 0.0667. The largest absolute Gasteiger partial charge is 0.334 e. The van der Waals surface area contributed by atoms with Crippen molar-refractivity contribution in [2.75, 3.05) is 0 Å². The van der Waals surface area contributed by atoms with Crippen molar-refractivity contribution in [3.05, 3.63) is 54.2 Å². The van der Waals surface area contributed by atoms with Crippen LogP contribution in [-0.4, -0.2) is 24.7 Å². The van der Waals surface area contributed by atoms with Crippen LogP contribution < -0.4 is 0 Å². The molecule has 0 spiro atoms. The summed E-state index contributed by atoms with van der Waals surface area (Å²) >= 11 is 0. The van der Waals surface area contributed by atoms with Gasteiger partial charge in [-0.05, 0) is 43.3 Å². The van der Waals surface area contributed by atoms with Crippen LogP contribution in [0.1, 0.15) is 5.82 Å². The van der Waals surface area contributed by atoms with Gasteiger partial charge in [0.1, 0.15) is 11.6 Å². The van der Waals surface area contributed by atoms with Crippen LogP contribution >= 0.6 is 0 Å². The van der Waals surface area contributed by atoms with Crippen molar-refractivity contribution >= 4 is 5.65 Å². The molecule has 0 unspecified atom stereocenters. The Kier molecular flexibility index (Phi) is 2.72. The molecule has 7 heteroatoms. The Labute approximate surface area is 124 Å². The van der Waals surface area contributed by atoms with E-state index >= 15 is 0 Å². The van der Waals surface area contributed by atoms with Gasteiger partial charge in [-0.1, -0.05) is 5.16 Å². The molecule has 0 aliphatic rings. The summed E-state index contributed by atoms with van der Waals surface area (Å²) in [5, 5.41) is 12.0. The highest BCUT2D eigenvalue weighted by Gasteiger charge is 2.12. The molecule has 1 aromatic carbocycles. The van der Waals surface area contributed by atoms with Crippen LogP contribution in [0, 0.1) is 12.7 Å². The number of nitrogens with zero attached hydrogens (tertiary/aromatic N) is 5. The molecule has 22 heavy (non-hydrogen) atoms. The summed E-state index contributed by atoms with van der Waals surface area (Å²) in [7, 11) is 0. The lowest BCUT2D eigenvalue weighted by atomic mass is 10.2. The Balaban J connectivity index is 1.76. The summed E-state index contributed by atoms with van der Waals surface area (Å²) in [6.07, 6.45) is 1.85. The number of halogens is 1. The van der Waals surface area contributed by atoms with Crippen molar-refractivity contribution in [3.8, 4) is 22.8 Å². The van der Waals surface area contributed by atoms with Gasteiger partial charge in [0, 0.05) is 17.3 Å². The van der Waals surface area contributed by atoms with Gasteiger partial charge < -0.3 is 4.52 Å². The fourth-order valence-corrected chi connectivity index (χ4v) is 2.19. The molecule has 3 heterocycles. The van der Waals surface area contributed by atoms with Crippen molar-refractivity contribution in [1.82, 2.24) is 24.7 Å². The summed E-state index contributed by atoms with van der Waals surface area (Å²) in [5.74, 6) is 1.26. The van der Waals surface area contributed by atoms with Gasteiger partial charge in [0.25, 0.3) is 5.89 Å². The van der Waals surface area contributed by atoms with Gasteiger partial charge in [-0.3, -0.25) is 4.40 Å². The SMILES string of the molecule is Cc1nnc2ccc(-c3noc(-c4ccc(F)cc4)n3)cn12. The Morgan fingerprint density at radius 3 is 2.59 bits per heavy atom. The van der Waals surface area contributed by atoms with Gasteiger partial charge >= 0.3 is 0 Å². The second-order valence-corrected chi connectivity index (χ2v) is 4.82. The van der Waals surface area contributed by atoms with Crippen molar-refractivity contribution < 1.29 is 8.91 Å². The van der Waals surface area contributed by atoms with E-state index in [2.05, 4.69) is 20.3 Å². The molecule has 0 saturated heterocycles. The molecule has 0 aliphatic heterocycles. The van der Waals surface area contributed by atoms with Gasteiger partial charge in [-0.15, -0.1) is 10.2 Å². The lowest BCUT2D eigenvalue weighted by molar-refractivity contribution is 0.432. The molecule has 0 N–H and O–H groups in total. The molecule has 6 nitrogen and oxygen atoms in total. The standard InChI is InChI=1S/C15H10FN5O/c1-9-18-19-13-7-4-11(8-21(9)13)14-17-15(22-20-14)10-2-5-12(16)6-3-10/h2-8H,1H3. The summed E-state index contributed by atoms with van der Waals surface area (Å²) in [6, 6.07) is 9.59. The summed E-state index contributed by atoms with van der Waals surface area (Å²) in [4.78, 5) is 4.35. The molecular formula is C15H10FN5O. The van der Waals surface area contributed by atoms with Crippen LogP contribution in [0.2, 0.25) is 0 Å². The number of hydrogen-bond acceptors (Lipinski definition) is 5. The number of aromatic nitrogens is 5. The smallest absolute Gasteiger partial charge is 0.258 e. The first-order valence-electron chi connectivity index (χ1n) is 6.62. The fourth-order valence-electron chi connectivity index (χ4n) is 2.19. The van der Waals surface area contributed by atoms with Gasteiger partial charge in [0.2, 0.25) is 5.82 Å². The Bertz CT molecular complexity index is 958. The molecule has 0 radical (unpaired) electrons. The molecule has 0 aliphatic carbocycles. The highest BCUT2D eigenvalue weighted by Crippen LogP contribution is 2.22. The molecule has 0 saturated carbocycles. The predicted octanol–water partition coefficient (Wildman–Crippen LogP) is 2.89. The normalized spacial score (nSPS) is 11.2. The molecule has 4 aromatic rings. The minimum absolute atomic E-state index is 0.308. The maximum absolute atomic E-state index is 12.9. The van der Waals surface area contributed by atoms with Crippen LogP contribution in [-0.2, 0) is 0 Å². The third-order valence-electron chi connectivity index (χ3n) is 3.35. The van der Waals surface area contributed by atoms with Crippen molar-refractivity contribution in [2.24, 2.45) is 0 Å². The zero-order valence-corrected chi connectivity index (χ0v) is 11.6. The number of hydrogen-bond donors (Lipinski definition) is 0. The number of aryl methyl sites for hydroxylation is 1. The van der Waals surface area contributed by atoms with E-state index in [-0.39, 0.29) is 5.82 Å². The van der Waals surface area contributed by atoms with Gasteiger partial charge in [-0.25, -0.2) is 4.39 Å². The van der Waals surface area contributed by atoms with Gasteiger partial charge in [-0.2, -0.15) is 4.98 Å². The van der Waals surface area contributed by atoms with Crippen molar-refractivity contribution in [3.63, 3.8) is 0 Å². The second-order valence-electron chi connectivity index (χ2n) is 4.82. The number of fused-ring (bicyclic) bond motifs is 1. The minimum atomic E-state index is -0.308. The lowest BCUT2D eigenvalue weighted by Crippen LogP contribution is -1.90. The molecule has 0 fully saturated rings. The molecule has 0 amide bonds. The average molecular weight is 295 g/mol. The maximum Gasteiger partial charge on any atom is 0.258 e. The first-order valence-corrected chi connectivity index (χ1v) is 6.62. The minimum Gasteiger partial charge on any atom is -0.334 e. The topological polar surface area (TPSA) is 69.1 Å². The number of rotatable bonds is 2. The number of pyridine rings is 1. The summed E-state index contributed by atoms with van der Waals surface area (Å²) < 4.78 is 20.0. The highest BCUT2D eigenvalue weighted by atomic mass is 19.1. The first kappa shape index (κ1) is 12.6. The lowest BCUT2D eigenvalue weighted by Gasteiger charge is -1.97. The van der Waals surface area contributed by atoms with Crippen LogP contribution in [0.25, 0.3) is 28.5 Å². The highest BCUT2D eigenvalue weighted by molar-refractivity contribution is 5.60. The quantitative estimate of drug-likeness (QED) is 0.568. The van der Waals surface area contributed by atoms with Gasteiger partial charge in [0.05, 0.1) is 0 Å². The maximum atomic E-state index is 12.9. The summed E-state index contributed by atoms with van der Waals surface area (Å²) in [5.41, 5.74) is 2.21. The zero-order valence-electron chi connectivity index (χ0n) is 11.6.